The summed E-state index contributed by atoms with van der Waals surface area (Å²) in [6, 6.07) is 20.9. The Bertz CT molecular complexity index is 836. The highest BCUT2D eigenvalue weighted by atomic mass is 32.2. The standard InChI is InChI=1S/C27H35S/c1-19-10-12-21(13-11-19)22-15-17-28(18-20-8-6-5-7-9-20)25-24(22)23-14-16-27(25,4)26(23,2)3/h5-13,22-25H,14-18H2,1-4H3/q+1. The lowest BCUT2D eigenvalue weighted by Gasteiger charge is -2.44. The molecule has 3 aliphatic rings. The molecule has 6 unspecified atom stereocenters. The van der Waals surface area contributed by atoms with Crippen LogP contribution in [0.2, 0.25) is 0 Å². The Labute approximate surface area is 174 Å². The second-order valence-corrected chi connectivity index (χ2v) is 12.7. The summed E-state index contributed by atoms with van der Waals surface area (Å²) in [7, 11) is 0.515. The van der Waals surface area contributed by atoms with Gasteiger partial charge in [0, 0.05) is 16.9 Å². The maximum atomic E-state index is 2.67. The highest BCUT2D eigenvalue weighted by Gasteiger charge is 2.73. The van der Waals surface area contributed by atoms with E-state index in [2.05, 4.69) is 82.3 Å². The highest BCUT2D eigenvalue weighted by Crippen LogP contribution is 2.73. The van der Waals surface area contributed by atoms with E-state index in [0.717, 1.165) is 23.0 Å². The van der Waals surface area contributed by atoms with E-state index in [-0.39, 0.29) is 0 Å². The van der Waals surface area contributed by atoms with Crippen LogP contribution in [0.15, 0.2) is 54.6 Å². The first-order chi connectivity index (χ1) is 13.4. The van der Waals surface area contributed by atoms with Crippen LogP contribution >= 0.6 is 0 Å². The first-order valence-electron chi connectivity index (χ1n) is 11.2. The summed E-state index contributed by atoms with van der Waals surface area (Å²) in [6.07, 6.45) is 4.29. The van der Waals surface area contributed by atoms with Crippen LogP contribution in [0.1, 0.15) is 62.6 Å². The second-order valence-electron chi connectivity index (χ2n) is 10.5. The number of rotatable bonds is 3. The quantitative estimate of drug-likeness (QED) is 0.508. The molecule has 0 radical (unpaired) electrons. The Kier molecular flexibility index (Phi) is 4.47. The van der Waals surface area contributed by atoms with Gasteiger partial charge in [0.15, 0.2) is 0 Å². The molecule has 2 aromatic rings. The lowest BCUT2D eigenvalue weighted by Crippen LogP contribution is -2.49. The normalized spacial score (nSPS) is 38.4. The van der Waals surface area contributed by atoms with E-state index in [1.807, 2.05) is 0 Å². The second kappa shape index (κ2) is 6.66. The molecule has 0 spiro atoms. The van der Waals surface area contributed by atoms with Crippen LogP contribution in [-0.2, 0) is 16.6 Å². The molecule has 2 aromatic carbocycles. The van der Waals surface area contributed by atoms with Gasteiger partial charge in [-0.3, -0.25) is 0 Å². The van der Waals surface area contributed by atoms with E-state index >= 15 is 0 Å². The predicted octanol–water partition coefficient (Wildman–Crippen LogP) is 6.74. The average molecular weight is 392 g/mol. The van der Waals surface area contributed by atoms with Crippen LogP contribution in [0.4, 0.5) is 0 Å². The average Bonchev–Trinajstić information content (AvgIpc) is 3.02. The molecule has 6 atom stereocenters. The van der Waals surface area contributed by atoms with Gasteiger partial charge in [-0.25, -0.2) is 0 Å². The smallest absolute Gasteiger partial charge is 0.0622 e. The molecule has 1 saturated heterocycles. The van der Waals surface area contributed by atoms with E-state index < -0.39 is 0 Å². The van der Waals surface area contributed by atoms with Crippen molar-refractivity contribution >= 4 is 10.9 Å². The molecule has 5 rings (SSSR count). The first kappa shape index (κ1) is 18.8. The molecule has 3 fully saturated rings. The predicted molar refractivity (Wildman–Crippen MR) is 123 cm³/mol. The first-order valence-corrected chi connectivity index (χ1v) is 12.8. The van der Waals surface area contributed by atoms with Crippen molar-refractivity contribution in [1.29, 1.82) is 0 Å². The van der Waals surface area contributed by atoms with Gasteiger partial charge in [0.25, 0.3) is 0 Å². The molecule has 0 amide bonds. The van der Waals surface area contributed by atoms with Crippen molar-refractivity contribution in [2.45, 2.75) is 63.9 Å². The molecule has 0 nitrogen and oxygen atoms in total. The Balaban J connectivity index is 1.53. The number of hydrogen-bond acceptors (Lipinski definition) is 0. The van der Waals surface area contributed by atoms with E-state index in [4.69, 9.17) is 0 Å². The molecule has 1 heterocycles. The fourth-order valence-electron chi connectivity index (χ4n) is 7.21. The summed E-state index contributed by atoms with van der Waals surface area (Å²) in [5.74, 6) is 5.29. The van der Waals surface area contributed by atoms with Gasteiger partial charge >= 0.3 is 0 Å². The van der Waals surface area contributed by atoms with Crippen LogP contribution in [-0.4, -0.2) is 11.0 Å². The molecule has 1 heteroatoms. The van der Waals surface area contributed by atoms with Crippen molar-refractivity contribution in [3.8, 4) is 0 Å². The van der Waals surface area contributed by atoms with Crippen LogP contribution in [0.5, 0.6) is 0 Å². The Hall–Kier alpha value is -1.21. The SMILES string of the molecule is Cc1ccc(C2CC[S+](Cc3ccccc3)C3C2C2CCC3(C)C2(C)C)cc1. The van der Waals surface area contributed by atoms with E-state index in [0.29, 0.717) is 21.7 Å². The van der Waals surface area contributed by atoms with Gasteiger partial charge in [-0.1, -0.05) is 80.9 Å². The van der Waals surface area contributed by atoms with Gasteiger partial charge in [-0.05, 0) is 59.9 Å². The van der Waals surface area contributed by atoms with Crippen molar-refractivity contribution in [1.82, 2.24) is 0 Å². The molecule has 2 saturated carbocycles. The summed E-state index contributed by atoms with van der Waals surface area (Å²) in [5, 5.41) is 0.904. The minimum Gasteiger partial charge on any atom is -0.0622 e. The van der Waals surface area contributed by atoms with Crippen molar-refractivity contribution in [3.05, 3.63) is 71.3 Å². The molecule has 0 N–H and O–H groups in total. The number of aryl methyl sites for hydroxylation is 1. The minimum absolute atomic E-state index is 0.484. The fourth-order valence-corrected chi connectivity index (χ4v) is 10.9. The largest absolute Gasteiger partial charge is 0.133 e. The summed E-state index contributed by atoms with van der Waals surface area (Å²) in [6.45, 7) is 10.1. The molecule has 1 aliphatic heterocycles. The van der Waals surface area contributed by atoms with Gasteiger partial charge in [0.05, 0.1) is 0 Å². The molecule has 2 bridgehead atoms. The van der Waals surface area contributed by atoms with Crippen molar-refractivity contribution in [2.75, 3.05) is 5.75 Å². The van der Waals surface area contributed by atoms with Crippen LogP contribution in [0.25, 0.3) is 0 Å². The fraction of sp³-hybridized carbons (Fsp3) is 0.556. The lowest BCUT2D eigenvalue weighted by molar-refractivity contribution is 0.155. The third kappa shape index (κ3) is 2.65. The molecular weight excluding hydrogens is 356 g/mol. The van der Waals surface area contributed by atoms with Gasteiger partial charge in [-0.2, -0.15) is 0 Å². The van der Waals surface area contributed by atoms with Gasteiger partial charge < -0.3 is 0 Å². The van der Waals surface area contributed by atoms with Crippen LogP contribution < -0.4 is 0 Å². The van der Waals surface area contributed by atoms with Gasteiger partial charge in [-0.15, -0.1) is 0 Å². The molecule has 148 valence electrons. The zero-order chi connectivity index (χ0) is 19.5. The van der Waals surface area contributed by atoms with Gasteiger partial charge in [0.2, 0.25) is 0 Å². The summed E-state index contributed by atoms with van der Waals surface area (Å²) >= 11 is 0. The van der Waals surface area contributed by atoms with Crippen molar-refractivity contribution in [2.24, 2.45) is 22.7 Å². The third-order valence-corrected chi connectivity index (χ3v) is 12.0. The lowest BCUT2D eigenvalue weighted by atomic mass is 9.70. The Morgan fingerprint density at radius 1 is 0.929 bits per heavy atom. The number of fused-ring (bicyclic) bond motifs is 5. The minimum atomic E-state index is 0.484. The Morgan fingerprint density at radius 2 is 1.64 bits per heavy atom. The van der Waals surface area contributed by atoms with Crippen LogP contribution in [0.3, 0.4) is 0 Å². The Morgan fingerprint density at radius 3 is 2.36 bits per heavy atom. The number of benzene rings is 2. The van der Waals surface area contributed by atoms with E-state index in [9.17, 15) is 0 Å². The third-order valence-electron chi connectivity index (χ3n) is 9.03. The summed E-state index contributed by atoms with van der Waals surface area (Å²) in [4.78, 5) is 0. The van der Waals surface area contributed by atoms with Crippen molar-refractivity contribution in [3.63, 3.8) is 0 Å². The topological polar surface area (TPSA) is 0 Å². The number of hydrogen-bond donors (Lipinski definition) is 0. The molecular formula is C27H35S+. The highest BCUT2D eigenvalue weighted by molar-refractivity contribution is 7.96. The van der Waals surface area contributed by atoms with E-state index in [1.165, 1.54) is 36.3 Å². The van der Waals surface area contributed by atoms with Crippen molar-refractivity contribution < 1.29 is 0 Å². The zero-order valence-electron chi connectivity index (χ0n) is 17.9. The maximum Gasteiger partial charge on any atom is 0.133 e. The summed E-state index contributed by atoms with van der Waals surface area (Å²) < 4.78 is 0. The van der Waals surface area contributed by atoms with Crippen LogP contribution in [0, 0.1) is 29.6 Å². The summed E-state index contributed by atoms with van der Waals surface area (Å²) in [5.41, 5.74) is 5.57. The maximum absolute atomic E-state index is 2.67. The molecule has 0 aromatic heterocycles. The molecule has 2 aliphatic carbocycles. The molecule has 28 heavy (non-hydrogen) atoms. The van der Waals surface area contributed by atoms with E-state index in [1.54, 1.807) is 11.1 Å². The zero-order valence-corrected chi connectivity index (χ0v) is 18.8. The van der Waals surface area contributed by atoms with Gasteiger partial charge in [0.1, 0.15) is 16.8 Å². The monoisotopic (exact) mass is 391 g/mol.